The Hall–Kier alpha value is -4.07. The number of halogens is 3. The van der Waals surface area contributed by atoms with Gasteiger partial charge in [0.25, 0.3) is 5.91 Å². The SMILES string of the molecule is COc1cc(C(=O)NC2(c3ccc(CN4CC(O)(CF)C4)c(OC)n3)C=CC=C(c3ccccc3Cl)C2Cl)ncc1CN1CCCC[C@H]1C(=O)O. The molecule has 3 aliphatic rings. The number of pyridine rings is 2. The van der Waals surface area contributed by atoms with Gasteiger partial charge in [-0.05, 0) is 42.7 Å². The minimum atomic E-state index is -1.42. The molecule has 3 N–H and O–H groups in total. The van der Waals surface area contributed by atoms with Crippen LogP contribution in [0.1, 0.15) is 52.1 Å². The van der Waals surface area contributed by atoms with Crippen molar-refractivity contribution in [3.8, 4) is 11.6 Å². The number of carbonyl (C=O) groups is 2. The van der Waals surface area contributed by atoms with E-state index in [0.29, 0.717) is 64.8 Å². The minimum Gasteiger partial charge on any atom is -0.496 e. The number of carboxylic acid groups (broad SMARTS) is 1. The highest BCUT2D eigenvalue weighted by Crippen LogP contribution is 2.43. The molecule has 3 atom stereocenters. The number of ether oxygens (including phenoxy) is 2. The lowest BCUT2D eigenvalue weighted by Gasteiger charge is -2.45. The number of carboxylic acids is 1. The van der Waals surface area contributed by atoms with Gasteiger partial charge in [0.15, 0.2) is 0 Å². The standard InChI is InChI=1S/C37H40Cl2FN5O6/c1-50-30-16-28(41-17-24(30)19-45-15-6-5-11-29(45)35(47)48)33(46)43-37(14-7-9-26(32(37)39)25-8-3-4-10-27(25)38)31-13-12-23(34(42-31)51-2)18-44-21-36(49,20-40)22-44/h3-4,7-10,12-14,16-17,29,32,49H,5-6,11,15,18-22H2,1-2H3,(H,43,46)(H,47,48)/t29-,32?,37?/m0/s1. The molecule has 11 nitrogen and oxygen atoms in total. The maximum absolute atomic E-state index is 14.2. The second-order valence-electron chi connectivity index (χ2n) is 13.2. The summed E-state index contributed by atoms with van der Waals surface area (Å²) in [6, 6.07) is 11.8. The van der Waals surface area contributed by atoms with Crippen LogP contribution in [0.15, 0.2) is 66.9 Å². The molecule has 1 aromatic carbocycles. The van der Waals surface area contributed by atoms with Gasteiger partial charge in [-0.1, -0.05) is 60.5 Å². The third-order valence-electron chi connectivity index (χ3n) is 9.72. The van der Waals surface area contributed by atoms with Crippen LogP contribution in [0.25, 0.3) is 5.57 Å². The second kappa shape index (κ2) is 15.3. The molecular formula is C37H40Cl2FN5O6. The van der Waals surface area contributed by atoms with Gasteiger partial charge < -0.3 is 25.0 Å². The third kappa shape index (κ3) is 7.47. The van der Waals surface area contributed by atoms with Crippen molar-refractivity contribution >= 4 is 40.7 Å². The summed E-state index contributed by atoms with van der Waals surface area (Å²) in [5.41, 5.74) is 0.355. The van der Waals surface area contributed by atoms with E-state index in [2.05, 4.69) is 10.3 Å². The number of aliphatic carboxylic acids is 1. The van der Waals surface area contributed by atoms with E-state index in [-0.39, 0.29) is 24.7 Å². The number of rotatable bonds is 12. The maximum Gasteiger partial charge on any atom is 0.320 e. The van der Waals surface area contributed by atoms with Gasteiger partial charge in [0.05, 0.1) is 25.3 Å². The Bertz CT molecular complexity index is 1850. The highest BCUT2D eigenvalue weighted by atomic mass is 35.5. The van der Waals surface area contributed by atoms with Crippen LogP contribution in [-0.2, 0) is 23.4 Å². The number of aromatic nitrogens is 2. The van der Waals surface area contributed by atoms with E-state index in [1.807, 2.05) is 40.1 Å². The van der Waals surface area contributed by atoms with Gasteiger partial charge in [-0.2, -0.15) is 0 Å². The molecule has 2 unspecified atom stereocenters. The fourth-order valence-corrected chi connectivity index (χ4v) is 7.75. The lowest BCUT2D eigenvalue weighted by molar-refractivity contribution is -0.144. The summed E-state index contributed by atoms with van der Waals surface area (Å²) >= 11 is 14.0. The van der Waals surface area contributed by atoms with Crippen LogP contribution < -0.4 is 14.8 Å². The first-order valence-electron chi connectivity index (χ1n) is 16.7. The first kappa shape index (κ1) is 36.7. The van der Waals surface area contributed by atoms with Gasteiger partial charge in [-0.15, -0.1) is 11.6 Å². The maximum atomic E-state index is 14.2. The predicted molar refractivity (Wildman–Crippen MR) is 191 cm³/mol. The minimum absolute atomic E-state index is 0.0521. The largest absolute Gasteiger partial charge is 0.496 e. The van der Waals surface area contributed by atoms with E-state index in [9.17, 15) is 24.2 Å². The van der Waals surface area contributed by atoms with Crippen molar-refractivity contribution in [1.82, 2.24) is 25.1 Å². The molecule has 0 radical (unpaired) electrons. The molecule has 1 amide bonds. The van der Waals surface area contributed by atoms with Crippen LogP contribution in [0.2, 0.25) is 5.02 Å². The average Bonchev–Trinajstić information content (AvgIpc) is 3.12. The molecule has 6 rings (SSSR count). The van der Waals surface area contributed by atoms with Gasteiger partial charge in [0.2, 0.25) is 5.88 Å². The number of benzene rings is 1. The fraction of sp³-hybridized carbons (Fsp3) is 0.405. The molecule has 2 saturated heterocycles. The number of hydrogen-bond acceptors (Lipinski definition) is 9. The van der Waals surface area contributed by atoms with E-state index < -0.39 is 41.1 Å². The van der Waals surface area contributed by atoms with Crippen molar-refractivity contribution in [1.29, 1.82) is 0 Å². The summed E-state index contributed by atoms with van der Waals surface area (Å²) in [7, 11) is 2.97. The number of amides is 1. The summed E-state index contributed by atoms with van der Waals surface area (Å²) in [6.07, 6.45) is 9.22. The highest BCUT2D eigenvalue weighted by Gasteiger charge is 2.46. The van der Waals surface area contributed by atoms with Crippen molar-refractivity contribution < 1.29 is 33.7 Å². The number of nitrogens with zero attached hydrogens (tertiary/aromatic N) is 4. The molecule has 2 aromatic heterocycles. The van der Waals surface area contributed by atoms with Gasteiger partial charge in [0, 0.05) is 54.6 Å². The van der Waals surface area contributed by atoms with E-state index in [4.69, 9.17) is 37.7 Å². The zero-order valence-electron chi connectivity index (χ0n) is 28.3. The molecule has 0 spiro atoms. The lowest BCUT2D eigenvalue weighted by atomic mass is 9.80. The zero-order valence-corrected chi connectivity index (χ0v) is 29.8. The molecule has 0 saturated carbocycles. The van der Waals surface area contributed by atoms with Gasteiger partial charge >= 0.3 is 5.97 Å². The van der Waals surface area contributed by atoms with Gasteiger partial charge in [0.1, 0.15) is 35.3 Å². The quantitative estimate of drug-likeness (QED) is 0.218. The Morgan fingerprint density at radius 1 is 1.10 bits per heavy atom. The Morgan fingerprint density at radius 3 is 2.59 bits per heavy atom. The first-order chi connectivity index (χ1) is 24.5. The average molecular weight is 741 g/mol. The molecule has 2 aliphatic heterocycles. The molecule has 4 heterocycles. The zero-order chi connectivity index (χ0) is 36.3. The predicted octanol–water partition coefficient (Wildman–Crippen LogP) is 4.99. The van der Waals surface area contributed by atoms with Crippen molar-refractivity contribution in [2.24, 2.45) is 0 Å². The molecule has 270 valence electrons. The topological polar surface area (TPSA) is 137 Å². The highest BCUT2D eigenvalue weighted by molar-refractivity contribution is 6.34. The van der Waals surface area contributed by atoms with E-state index >= 15 is 0 Å². The van der Waals surface area contributed by atoms with Crippen molar-refractivity contribution in [3.63, 3.8) is 0 Å². The fourth-order valence-electron chi connectivity index (χ4n) is 7.07. The van der Waals surface area contributed by atoms with E-state index in [1.165, 1.54) is 26.5 Å². The molecule has 51 heavy (non-hydrogen) atoms. The number of nitrogens with one attached hydrogen (secondary N) is 1. The normalized spacial score (nSPS) is 23.2. The van der Waals surface area contributed by atoms with Crippen LogP contribution >= 0.6 is 23.2 Å². The number of carbonyl (C=O) groups excluding carboxylic acids is 1. The molecule has 1 aliphatic carbocycles. The van der Waals surface area contributed by atoms with E-state index in [1.54, 1.807) is 24.3 Å². The summed E-state index contributed by atoms with van der Waals surface area (Å²) in [5.74, 6) is -0.753. The number of aliphatic hydroxyl groups is 1. The van der Waals surface area contributed by atoms with Crippen LogP contribution in [-0.4, -0.2) is 99.4 Å². The molecule has 0 bridgehead atoms. The number of piperidine rings is 1. The lowest BCUT2D eigenvalue weighted by Crippen LogP contribution is -2.62. The van der Waals surface area contributed by atoms with Crippen LogP contribution in [0.4, 0.5) is 4.39 Å². The first-order valence-corrected chi connectivity index (χ1v) is 17.5. The van der Waals surface area contributed by atoms with Crippen LogP contribution in [0, 0.1) is 0 Å². The Balaban J connectivity index is 1.33. The van der Waals surface area contributed by atoms with Crippen molar-refractivity contribution in [2.75, 3.05) is 40.5 Å². The third-order valence-corrected chi connectivity index (χ3v) is 10.6. The summed E-state index contributed by atoms with van der Waals surface area (Å²) < 4.78 is 24.6. The van der Waals surface area contributed by atoms with E-state index in [0.717, 1.165) is 12.8 Å². The number of allylic oxidation sites excluding steroid dienone is 2. The smallest absolute Gasteiger partial charge is 0.320 e. The Labute approximate surface area is 305 Å². The monoisotopic (exact) mass is 739 g/mol. The Morgan fingerprint density at radius 2 is 1.88 bits per heavy atom. The van der Waals surface area contributed by atoms with Crippen LogP contribution in [0.3, 0.4) is 0 Å². The number of alkyl halides is 2. The molecule has 14 heteroatoms. The van der Waals surface area contributed by atoms with Crippen LogP contribution in [0.5, 0.6) is 11.6 Å². The molecule has 3 aromatic rings. The number of β-amino-alcohol motifs (C(OH)–C–C–N with tert-alkyl or cyclic N) is 1. The van der Waals surface area contributed by atoms with Gasteiger partial charge in [-0.25, -0.2) is 9.37 Å². The summed E-state index contributed by atoms with van der Waals surface area (Å²) in [6.45, 7) is 0.836. The molecular weight excluding hydrogens is 700 g/mol. The van der Waals surface area contributed by atoms with Crippen molar-refractivity contribution in [2.45, 2.75) is 54.9 Å². The second-order valence-corrected chi connectivity index (χ2v) is 14.1. The Kier molecular flexibility index (Phi) is 11.0. The number of methoxy groups -OCH3 is 2. The molecule has 2 fully saturated rings. The summed E-state index contributed by atoms with van der Waals surface area (Å²) in [5, 5.41) is 22.6. The summed E-state index contributed by atoms with van der Waals surface area (Å²) in [4.78, 5) is 39.2. The van der Waals surface area contributed by atoms with Crippen molar-refractivity contribution in [3.05, 3.63) is 100.0 Å². The number of hydrogen-bond donors (Lipinski definition) is 3. The van der Waals surface area contributed by atoms with Gasteiger partial charge in [-0.3, -0.25) is 24.4 Å². The number of likely N-dealkylation sites (tertiary alicyclic amines) is 2.